The van der Waals surface area contributed by atoms with E-state index in [1.54, 1.807) is 0 Å². The molecule has 0 aromatic carbocycles. The smallest absolute Gasteiger partial charge is 0.0223 e. The molecule has 0 aliphatic carbocycles. The molecular formula is C9H21N3. The second-order valence-corrected chi connectivity index (χ2v) is 4.41. The van der Waals surface area contributed by atoms with Crippen molar-refractivity contribution in [2.24, 2.45) is 5.73 Å². The van der Waals surface area contributed by atoms with Crippen molar-refractivity contribution in [3.63, 3.8) is 0 Å². The van der Waals surface area contributed by atoms with Gasteiger partial charge in [-0.05, 0) is 33.2 Å². The van der Waals surface area contributed by atoms with E-state index in [0.29, 0.717) is 6.04 Å². The van der Waals surface area contributed by atoms with Gasteiger partial charge in [-0.15, -0.1) is 0 Å². The minimum atomic E-state index is -0.0859. The lowest BCUT2D eigenvalue weighted by atomic mass is 10.0. The molecule has 0 unspecified atom stereocenters. The fourth-order valence-corrected chi connectivity index (χ4v) is 1.43. The van der Waals surface area contributed by atoms with Crippen LogP contribution in [0.2, 0.25) is 0 Å². The Balaban J connectivity index is 2.13. The van der Waals surface area contributed by atoms with Crippen molar-refractivity contribution in [2.75, 3.05) is 19.6 Å². The molecular weight excluding hydrogens is 150 g/mol. The predicted molar refractivity (Wildman–Crippen MR) is 52.2 cm³/mol. The van der Waals surface area contributed by atoms with Crippen molar-refractivity contribution >= 4 is 0 Å². The molecule has 1 aliphatic heterocycles. The maximum absolute atomic E-state index is 5.87. The topological polar surface area (TPSA) is 50.1 Å². The van der Waals surface area contributed by atoms with Gasteiger partial charge in [-0.2, -0.15) is 0 Å². The predicted octanol–water partition coefficient (Wildman–Crippen LogP) is 0.0653. The Kier molecular flexibility index (Phi) is 3.50. The highest BCUT2D eigenvalue weighted by Gasteiger charge is 2.16. The third-order valence-electron chi connectivity index (χ3n) is 2.14. The van der Waals surface area contributed by atoms with E-state index in [0.717, 1.165) is 13.1 Å². The van der Waals surface area contributed by atoms with Gasteiger partial charge in [-0.25, -0.2) is 0 Å². The Morgan fingerprint density at radius 3 is 2.83 bits per heavy atom. The molecule has 1 fully saturated rings. The van der Waals surface area contributed by atoms with Gasteiger partial charge in [0.15, 0.2) is 0 Å². The first kappa shape index (κ1) is 9.96. The van der Waals surface area contributed by atoms with Crippen molar-refractivity contribution in [3.8, 4) is 0 Å². The summed E-state index contributed by atoms with van der Waals surface area (Å²) in [7, 11) is 0. The van der Waals surface area contributed by atoms with Crippen LogP contribution in [-0.4, -0.2) is 31.2 Å². The van der Waals surface area contributed by atoms with Crippen LogP contribution in [0.25, 0.3) is 0 Å². The van der Waals surface area contributed by atoms with Crippen LogP contribution >= 0.6 is 0 Å². The second-order valence-electron chi connectivity index (χ2n) is 4.41. The molecule has 0 saturated carbocycles. The van der Waals surface area contributed by atoms with Gasteiger partial charge in [0.2, 0.25) is 0 Å². The third-order valence-corrected chi connectivity index (χ3v) is 2.14. The molecule has 72 valence electrons. The summed E-state index contributed by atoms with van der Waals surface area (Å²) in [6.45, 7) is 7.27. The monoisotopic (exact) mass is 171 g/mol. The van der Waals surface area contributed by atoms with Crippen LogP contribution in [-0.2, 0) is 0 Å². The molecule has 0 aromatic heterocycles. The zero-order valence-corrected chi connectivity index (χ0v) is 8.19. The first-order chi connectivity index (χ1) is 5.58. The molecule has 3 heteroatoms. The standard InChI is InChI=1S/C9H21N3/c1-9(2,10)7-12-8-4-3-5-11-6-8/h8,11-12H,3-7,10H2,1-2H3/t8-/m0/s1. The lowest BCUT2D eigenvalue weighted by molar-refractivity contribution is 0.355. The van der Waals surface area contributed by atoms with Gasteiger partial charge in [0, 0.05) is 24.7 Å². The Morgan fingerprint density at radius 2 is 2.33 bits per heavy atom. The van der Waals surface area contributed by atoms with E-state index in [4.69, 9.17) is 5.73 Å². The first-order valence-electron chi connectivity index (χ1n) is 4.81. The van der Waals surface area contributed by atoms with Crippen LogP contribution in [0, 0.1) is 0 Å². The average molecular weight is 171 g/mol. The molecule has 0 aromatic rings. The van der Waals surface area contributed by atoms with Gasteiger partial charge in [0.05, 0.1) is 0 Å². The summed E-state index contributed by atoms with van der Waals surface area (Å²) in [5.41, 5.74) is 5.78. The zero-order chi connectivity index (χ0) is 9.03. The van der Waals surface area contributed by atoms with Crippen LogP contribution < -0.4 is 16.4 Å². The van der Waals surface area contributed by atoms with E-state index in [-0.39, 0.29) is 5.54 Å². The highest BCUT2D eigenvalue weighted by atomic mass is 15.0. The molecule has 1 atom stereocenters. The quantitative estimate of drug-likeness (QED) is 0.563. The maximum Gasteiger partial charge on any atom is 0.0223 e. The molecule has 4 N–H and O–H groups in total. The molecule has 0 bridgehead atoms. The van der Waals surface area contributed by atoms with Crippen LogP contribution in [0.1, 0.15) is 26.7 Å². The fraction of sp³-hybridized carbons (Fsp3) is 1.00. The van der Waals surface area contributed by atoms with Crippen LogP contribution in [0.3, 0.4) is 0 Å². The van der Waals surface area contributed by atoms with Crippen LogP contribution in [0.4, 0.5) is 0 Å². The van der Waals surface area contributed by atoms with E-state index in [2.05, 4.69) is 24.5 Å². The summed E-state index contributed by atoms with van der Waals surface area (Å²) >= 11 is 0. The van der Waals surface area contributed by atoms with Crippen LogP contribution in [0.15, 0.2) is 0 Å². The second kappa shape index (κ2) is 4.21. The van der Waals surface area contributed by atoms with Gasteiger partial charge in [-0.3, -0.25) is 0 Å². The maximum atomic E-state index is 5.87. The highest BCUT2D eigenvalue weighted by Crippen LogP contribution is 2.02. The summed E-state index contributed by atoms with van der Waals surface area (Å²) in [5.74, 6) is 0. The number of piperidine rings is 1. The molecule has 1 saturated heterocycles. The Hall–Kier alpha value is -0.120. The Bertz CT molecular complexity index is 122. The zero-order valence-electron chi connectivity index (χ0n) is 8.19. The van der Waals surface area contributed by atoms with E-state index >= 15 is 0 Å². The minimum Gasteiger partial charge on any atom is -0.324 e. The molecule has 1 heterocycles. The molecule has 1 aliphatic rings. The minimum absolute atomic E-state index is 0.0859. The van der Waals surface area contributed by atoms with Gasteiger partial charge < -0.3 is 16.4 Å². The van der Waals surface area contributed by atoms with Gasteiger partial charge >= 0.3 is 0 Å². The summed E-state index contributed by atoms with van der Waals surface area (Å²) in [6, 6.07) is 0.626. The van der Waals surface area contributed by atoms with Crippen molar-refractivity contribution in [2.45, 2.75) is 38.3 Å². The van der Waals surface area contributed by atoms with Crippen molar-refractivity contribution in [1.29, 1.82) is 0 Å². The molecule has 3 nitrogen and oxygen atoms in total. The first-order valence-corrected chi connectivity index (χ1v) is 4.81. The largest absolute Gasteiger partial charge is 0.324 e. The fourth-order valence-electron chi connectivity index (χ4n) is 1.43. The summed E-state index contributed by atoms with van der Waals surface area (Å²) in [4.78, 5) is 0. The van der Waals surface area contributed by atoms with Crippen molar-refractivity contribution in [1.82, 2.24) is 10.6 Å². The van der Waals surface area contributed by atoms with Crippen molar-refractivity contribution in [3.05, 3.63) is 0 Å². The van der Waals surface area contributed by atoms with Gasteiger partial charge in [0.1, 0.15) is 0 Å². The summed E-state index contributed by atoms with van der Waals surface area (Å²) < 4.78 is 0. The normalized spacial score (nSPS) is 25.8. The number of hydrogen-bond acceptors (Lipinski definition) is 3. The van der Waals surface area contributed by atoms with Crippen molar-refractivity contribution < 1.29 is 0 Å². The molecule has 12 heavy (non-hydrogen) atoms. The van der Waals surface area contributed by atoms with Crippen LogP contribution in [0.5, 0.6) is 0 Å². The van der Waals surface area contributed by atoms with E-state index in [1.165, 1.54) is 19.4 Å². The lowest BCUT2D eigenvalue weighted by Crippen LogP contribution is -2.50. The SMILES string of the molecule is CC(C)(N)CN[C@H]1CCCNC1. The third kappa shape index (κ3) is 4.04. The number of hydrogen-bond donors (Lipinski definition) is 3. The summed E-state index contributed by atoms with van der Waals surface area (Å²) in [6.07, 6.45) is 2.56. The van der Waals surface area contributed by atoms with E-state index < -0.39 is 0 Å². The Morgan fingerprint density at radius 1 is 1.58 bits per heavy atom. The van der Waals surface area contributed by atoms with E-state index in [1.807, 2.05) is 0 Å². The molecule has 0 radical (unpaired) electrons. The lowest BCUT2D eigenvalue weighted by Gasteiger charge is -2.28. The molecule has 0 amide bonds. The van der Waals surface area contributed by atoms with Gasteiger partial charge in [-0.1, -0.05) is 0 Å². The number of nitrogens with one attached hydrogen (secondary N) is 2. The average Bonchev–Trinajstić information content (AvgIpc) is 2.02. The number of nitrogens with two attached hydrogens (primary N) is 1. The molecule has 0 spiro atoms. The highest BCUT2D eigenvalue weighted by molar-refractivity contribution is 4.81. The number of rotatable bonds is 3. The Labute approximate surface area is 75.1 Å². The summed E-state index contributed by atoms with van der Waals surface area (Å²) in [5, 5.41) is 6.84. The van der Waals surface area contributed by atoms with E-state index in [9.17, 15) is 0 Å². The molecule has 1 rings (SSSR count). The van der Waals surface area contributed by atoms with Gasteiger partial charge in [0.25, 0.3) is 0 Å².